The minimum Gasteiger partial charge on any atom is -0.372 e. The molecule has 0 aromatic carbocycles. The molecule has 1 amide bonds. The fourth-order valence-corrected chi connectivity index (χ4v) is 3.98. The lowest BCUT2D eigenvalue weighted by Crippen LogP contribution is -2.57. The van der Waals surface area contributed by atoms with Crippen LogP contribution >= 0.6 is 0 Å². The molecule has 0 atom stereocenters. The van der Waals surface area contributed by atoms with Crippen LogP contribution in [-0.2, 0) is 11.3 Å². The van der Waals surface area contributed by atoms with Crippen LogP contribution in [0, 0.1) is 6.92 Å². The van der Waals surface area contributed by atoms with Gasteiger partial charge in [-0.05, 0) is 44.0 Å². The molecule has 2 aromatic heterocycles. The maximum absolute atomic E-state index is 12.7. The molecule has 6 nitrogen and oxygen atoms in total. The van der Waals surface area contributed by atoms with Crippen LogP contribution in [0.15, 0.2) is 42.7 Å². The Morgan fingerprint density at radius 3 is 2.70 bits per heavy atom. The molecule has 0 bridgehead atoms. The quantitative estimate of drug-likeness (QED) is 0.834. The van der Waals surface area contributed by atoms with Gasteiger partial charge in [0.25, 0.3) is 5.91 Å². The lowest BCUT2D eigenvalue weighted by atomic mass is 9.89. The van der Waals surface area contributed by atoms with E-state index >= 15 is 0 Å². The Morgan fingerprint density at radius 2 is 2.00 bits per heavy atom. The number of hydrogen-bond acceptors (Lipinski definition) is 5. The topological polar surface area (TPSA) is 58.6 Å². The van der Waals surface area contributed by atoms with E-state index in [9.17, 15) is 4.79 Å². The van der Waals surface area contributed by atoms with Gasteiger partial charge in [-0.1, -0.05) is 6.07 Å². The standard InChI is InChI=1S/C21H26N4O2/c1-17-5-6-18(14-23-17)20(26)25-10-7-21(8-11-25)16-24(12-13-27-21)15-19-4-2-3-9-22-19/h2-6,9,14H,7-8,10-13,15-16H2,1H3. The highest BCUT2D eigenvalue weighted by atomic mass is 16.5. The lowest BCUT2D eigenvalue weighted by molar-refractivity contribution is -0.134. The molecule has 2 aromatic rings. The number of likely N-dealkylation sites (tertiary alicyclic amines) is 1. The molecule has 6 heteroatoms. The van der Waals surface area contributed by atoms with Gasteiger partial charge in [-0.15, -0.1) is 0 Å². The predicted octanol–water partition coefficient (Wildman–Crippen LogP) is 2.29. The fourth-order valence-electron chi connectivity index (χ4n) is 3.98. The third-order valence-electron chi connectivity index (χ3n) is 5.56. The molecule has 0 unspecified atom stereocenters. The number of rotatable bonds is 3. The Labute approximate surface area is 160 Å². The van der Waals surface area contributed by atoms with Crippen LogP contribution < -0.4 is 0 Å². The molecule has 2 fully saturated rings. The molecule has 0 saturated carbocycles. The van der Waals surface area contributed by atoms with Gasteiger partial charge in [0.1, 0.15) is 0 Å². The van der Waals surface area contributed by atoms with Gasteiger partial charge in [0.05, 0.1) is 23.5 Å². The van der Waals surface area contributed by atoms with Crippen molar-refractivity contribution in [2.24, 2.45) is 0 Å². The molecule has 0 N–H and O–H groups in total. The SMILES string of the molecule is Cc1ccc(C(=O)N2CCC3(CC2)CN(Cc2ccccn2)CCO3)cn1. The monoisotopic (exact) mass is 366 g/mol. The van der Waals surface area contributed by atoms with E-state index in [-0.39, 0.29) is 11.5 Å². The molecule has 2 saturated heterocycles. The van der Waals surface area contributed by atoms with Crippen molar-refractivity contribution >= 4 is 5.91 Å². The summed E-state index contributed by atoms with van der Waals surface area (Å²) in [6.07, 6.45) is 5.26. The average molecular weight is 366 g/mol. The van der Waals surface area contributed by atoms with Gasteiger partial charge < -0.3 is 9.64 Å². The van der Waals surface area contributed by atoms with Crippen LogP contribution in [0.2, 0.25) is 0 Å². The van der Waals surface area contributed by atoms with Crippen molar-refractivity contribution in [1.29, 1.82) is 0 Å². The Kier molecular flexibility index (Phi) is 5.18. The third-order valence-corrected chi connectivity index (χ3v) is 5.56. The van der Waals surface area contributed by atoms with Crippen molar-refractivity contribution in [2.45, 2.75) is 31.9 Å². The van der Waals surface area contributed by atoms with Gasteiger partial charge in [-0.2, -0.15) is 0 Å². The van der Waals surface area contributed by atoms with Crippen molar-refractivity contribution in [2.75, 3.05) is 32.8 Å². The van der Waals surface area contributed by atoms with Crippen molar-refractivity contribution in [1.82, 2.24) is 19.8 Å². The van der Waals surface area contributed by atoms with Crippen LogP contribution in [0.4, 0.5) is 0 Å². The fraction of sp³-hybridized carbons (Fsp3) is 0.476. The first-order chi connectivity index (χ1) is 13.1. The molecule has 0 aliphatic carbocycles. The second-order valence-electron chi connectivity index (χ2n) is 7.54. The Hall–Kier alpha value is -2.31. The van der Waals surface area contributed by atoms with Crippen molar-refractivity contribution < 1.29 is 9.53 Å². The van der Waals surface area contributed by atoms with E-state index in [1.54, 1.807) is 6.20 Å². The van der Waals surface area contributed by atoms with Crippen molar-refractivity contribution in [3.63, 3.8) is 0 Å². The number of piperidine rings is 1. The zero-order chi connectivity index (χ0) is 18.7. The normalized spacial score (nSPS) is 20.0. The average Bonchev–Trinajstić information content (AvgIpc) is 2.70. The molecular formula is C21H26N4O2. The number of nitrogens with zero attached hydrogens (tertiary/aromatic N) is 4. The van der Waals surface area contributed by atoms with E-state index in [2.05, 4.69) is 20.9 Å². The van der Waals surface area contributed by atoms with Crippen molar-refractivity contribution in [3.05, 3.63) is 59.7 Å². The molecular weight excluding hydrogens is 340 g/mol. The van der Waals surface area contributed by atoms with Crippen LogP contribution in [0.5, 0.6) is 0 Å². The van der Waals surface area contributed by atoms with Gasteiger partial charge in [0.2, 0.25) is 0 Å². The number of hydrogen-bond donors (Lipinski definition) is 0. The van der Waals surface area contributed by atoms with Gasteiger partial charge in [0, 0.05) is 50.8 Å². The highest BCUT2D eigenvalue weighted by molar-refractivity contribution is 5.94. The Morgan fingerprint density at radius 1 is 1.15 bits per heavy atom. The molecule has 0 radical (unpaired) electrons. The summed E-state index contributed by atoms with van der Waals surface area (Å²) in [5.74, 6) is 0.0681. The third kappa shape index (κ3) is 4.17. The summed E-state index contributed by atoms with van der Waals surface area (Å²) < 4.78 is 6.21. The predicted molar refractivity (Wildman–Crippen MR) is 102 cm³/mol. The summed E-state index contributed by atoms with van der Waals surface area (Å²) in [6.45, 7) is 6.80. The summed E-state index contributed by atoms with van der Waals surface area (Å²) in [5, 5.41) is 0. The molecule has 1 spiro atoms. The first-order valence-corrected chi connectivity index (χ1v) is 9.62. The highest BCUT2D eigenvalue weighted by Gasteiger charge is 2.40. The summed E-state index contributed by atoms with van der Waals surface area (Å²) in [5.41, 5.74) is 2.54. The minimum absolute atomic E-state index is 0.0681. The number of morpholine rings is 1. The van der Waals surface area contributed by atoms with Crippen LogP contribution in [0.3, 0.4) is 0 Å². The van der Waals surface area contributed by atoms with E-state index in [0.29, 0.717) is 5.56 Å². The number of pyridine rings is 2. The second-order valence-corrected chi connectivity index (χ2v) is 7.54. The molecule has 2 aliphatic rings. The number of ether oxygens (including phenoxy) is 1. The van der Waals surface area contributed by atoms with Gasteiger partial charge in [-0.3, -0.25) is 19.7 Å². The second kappa shape index (κ2) is 7.74. The van der Waals surface area contributed by atoms with Crippen LogP contribution in [0.1, 0.15) is 34.6 Å². The first kappa shape index (κ1) is 18.1. The maximum Gasteiger partial charge on any atom is 0.255 e. The van der Waals surface area contributed by atoms with E-state index in [0.717, 1.165) is 63.6 Å². The number of aromatic nitrogens is 2. The number of carbonyl (C=O) groups is 1. The first-order valence-electron chi connectivity index (χ1n) is 9.62. The van der Waals surface area contributed by atoms with Crippen LogP contribution in [-0.4, -0.2) is 64.1 Å². The summed E-state index contributed by atoms with van der Waals surface area (Å²) >= 11 is 0. The lowest BCUT2D eigenvalue weighted by Gasteiger charge is -2.47. The van der Waals surface area contributed by atoms with Gasteiger partial charge in [0.15, 0.2) is 0 Å². The molecule has 2 aliphatic heterocycles. The summed E-state index contributed by atoms with van der Waals surface area (Å²) in [4.78, 5) is 25.8. The molecule has 4 rings (SSSR count). The molecule has 27 heavy (non-hydrogen) atoms. The number of carbonyl (C=O) groups excluding carboxylic acids is 1. The minimum atomic E-state index is -0.144. The van der Waals surface area contributed by atoms with Gasteiger partial charge in [-0.25, -0.2) is 0 Å². The summed E-state index contributed by atoms with van der Waals surface area (Å²) in [7, 11) is 0. The van der Waals surface area contributed by atoms with Crippen LogP contribution in [0.25, 0.3) is 0 Å². The number of aryl methyl sites for hydroxylation is 1. The largest absolute Gasteiger partial charge is 0.372 e. The molecule has 142 valence electrons. The maximum atomic E-state index is 12.7. The Balaban J connectivity index is 1.36. The highest BCUT2D eigenvalue weighted by Crippen LogP contribution is 2.31. The van der Waals surface area contributed by atoms with E-state index < -0.39 is 0 Å². The van der Waals surface area contributed by atoms with E-state index in [1.165, 1.54) is 0 Å². The van der Waals surface area contributed by atoms with Crippen molar-refractivity contribution in [3.8, 4) is 0 Å². The zero-order valence-corrected chi connectivity index (χ0v) is 15.8. The van der Waals surface area contributed by atoms with Gasteiger partial charge >= 0.3 is 0 Å². The van der Waals surface area contributed by atoms with E-state index in [1.807, 2.05) is 42.3 Å². The zero-order valence-electron chi connectivity index (χ0n) is 15.8. The number of amides is 1. The van der Waals surface area contributed by atoms with E-state index in [4.69, 9.17) is 4.74 Å². The summed E-state index contributed by atoms with van der Waals surface area (Å²) in [6, 6.07) is 9.79. The Bertz CT molecular complexity index is 771. The smallest absolute Gasteiger partial charge is 0.255 e. The molecule has 4 heterocycles.